The first-order valence-electron chi connectivity index (χ1n) is 5.76. The highest BCUT2D eigenvalue weighted by Crippen LogP contribution is 2.15. The Bertz CT molecular complexity index is 658. The maximum absolute atomic E-state index is 5.14. The van der Waals surface area contributed by atoms with Crippen molar-refractivity contribution in [1.29, 1.82) is 0 Å². The molecular weight excluding hydrogens is 226 g/mol. The van der Waals surface area contributed by atoms with E-state index in [1.165, 1.54) is 5.56 Å². The van der Waals surface area contributed by atoms with Gasteiger partial charge in [0.05, 0.1) is 19.9 Å². The standard InChI is InChI=1S/C14H13N3O/c1-18-13-6-4-11(5-7-13)10-17-14-12(9-16-17)3-2-8-15-14/h2-9H,10H2,1H3. The highest BCUT2D eigenvalue weighted by Gasteiger charge is 2.03. The Labute approximate surface area is 105 Å². The second-order valence-corrected chi connectivity index (χ2v) is 4.07. The molecule has 0 aliphatic heterocycles. The van der Waals surface area contributed by atoms with Crippen molar-refractivity contribution >= 4 is 11.0 Å². The van der Waals surface area contributed by atoms with Gasteiger partial charge < -0.3 is 4.74 Å². The minimum absolute atomic E-state index is 0.713. The summed E-state index contributed by atoms with van der Waals surface area (Å²) in [5.41, 5.74) is 2.08. The summed E-state index contributed by atoms with van der Waals surface area (Å²) in [4.78, 5) is 4.35. The van der Waals surface area contributed by atoms with Crippen LogP contribution in [0, 0.1) is 0 Å². The number of rotatable bonds is 3. The minimum Gasteiger partial charge on any atom is -0.497 e. The highest BCUT2D eigenvalue weighted by atomic mass is 16.5. The fourth-order valence-electron chi connectivity index (χ4n) is 1.93. The van der Waals surface area contributed by atoms with E-state index in [1.807, 2.05) is 47.3 Å². The molecule has 0 saturated heterocycles. The lowest BCUT2D eigenvalue weighted by molar-refractivity contribution is 0.414. The van der Waals surface area contributed by atoms with Gasteiger partial charge in [0, 0.05) is 11.6 Å². The van der Waals surface area contributed by atoms with E-state index in [0.717, 1.165) is 16.8 Å². The molecular formula is C14H13N3O. The molecule has 2 heterocycles. The normalized spacial score (nSPS) is 10.7. The Morgan fingerprint density at radius 1 is 1.17 bits per heavy atom. The Hall–Kier alpha value is -2.36. The predicted octanol–water partition coefficient (Wildman–Crippen LogP) is 2.49. The molecule has 18 heavy (non-hydrogen) atoms. The fraction of sp³-hybridized carbons (Fsp3) is 0.143. The number of aromatic nitrogens is 3. The van der Waals surface area contributed by atoms with Crippen molar-refractivity contribution < 1.29 is 4.74 Å². The van der Waals surface area contributed by atoms with Crippen LogP contribution in [-0.4, -0.2) is 21.9 Å². The second kappa shape index (κ2) is 4.49. The van der Waals surface area contributed by atoms with Gasteiger partial charge in [-0.25, -0.2) is 9.67 Å². The zero-order chi connectivity index (χ0) is 12.4. The van der Waals surface area contributed by atoms with Crippen molar-refractivity contribution in [2.75, 3.05) is 7.11 Å². The first-order valence-corrected chi connectivity index (χ1v) is 5.76. The van der Waals surface area contributed by atoms with Gasteiger partial charge in [-0.2, -0.15) is 5.10 Å². The van der Waals surface area contributed by atoms with Gasteiger partial charge in [0.25, 0.3) is 0 Å². The molecule has 2 aromatic heterocycles. The van der Waals surface area contributed by atoms with Gasteiger partial charge >= 0.3 is 0 Å². The van der Waals surface area contributed by atoms with Gasteiger partial charge in [-0.15, -0.1) is 0 Å². The number of ether oxygens (including phenoxy) is 1. The molecule has 1 aromatic carbocycles. The topological polar surface area (TPSA) is 39.9 Å². The molecule has 4 heteroatoms. The molecule has 3 rings (SSSR count). The molecule has 0 aliphatic rings. The largest absolute Gasteiger partial charge is 0.497 e. The van der Waals surface area contributed by atoms with E-state index in [0.29, 0.717) is 6.54 Å². The fourth-order valence-corrected chi connectivity index (χ4v) is 1.93. The van der Waals surface area contributed by atoms with Crippen LogP contribution in [-0.2, 0) is 6.54 Å². The van der Waals surface area contributed by atoms with Gasteiger partial charge in [-0.1, -0.05) is 12.1 Å². The van der Waals surface area contributed by atoms with Crippen LogP contribution < -0.4 is 4.74 Å². The summed E-state index contributed by atoms with van der Waals surface area (Å²) in [6, 6.07) is 11.9. The first kappa shape index (κ1) is 10.8. The van der Waals surface area contributed by atoms with Crippen LogP contribution in [0.2, 0.25) is 0 Å². The maximum Gasteiger partial charge on any atom is 0.158 e. The maximum atomic E-state index is 5.14. The number of benzene rings is 1. The van der Waals surface area contributed by atoms with E-state index in [9.17, 15) is 0 Å². The molecule has 0 bridgehead atoms. The summed E-state index contributed by atoms with van der Waals surface area (Å²) in [5, 5.41) is 5.42. The quantitative estimate of drug-likeness (QED) is 0.705. The molecule has 0 amide bonds. The molecule has 0 atom stereocenters. The third kappa shape index (κ3) is 1.93. The van der Waals surface area contributed by atoms with Crippen molar-refractivity contribution in [2.24, 2.45) is 0 Å². The molecule has 90 valence electrons. The third-order valence-electron chi connectivity index (χ3n) is 2.89. The summed E-state index contributed by atoms with van der Waals surface area (Å²) in [7, 11) is 1.67. The summed E-state index contributed by atoms with van der Waals surface area (Å²) < 4.78 is 7.04. The van der Waals surface area contributed by atoms with E-state index in [2.05, 4.69) is 10.1 Å². The average Bonchev–Trinajstić information content (AvgIpc) is 2.83. The zero-order valence-corrected chi connectivity index (χ0v) is 10.1. The highest BCUT2D eigenvalue weighted by molar-refractivity contribution is 5.73. The van der Waals surface area contributed by atoms with Crippen LogP contribution in [0.5, 0.6) is 5.75 Å². The van der Waals surface area contributed by atoms with E-state index in [4.69, 9.17) is 4.74 Å². The van der Waals surface area contributed by atoms with Crippen LogP contribution >= 0.6 is 0 Å². The van der Waals surface area contributed by atoms with E-state index < -0.39 is 0 Å². The third-order valence-corrected chi connectivity index (χ3v) is 2.89. The average molecular weight is 239 g/mol. The second-order valence-electron chi connectivity index (χ2n) is 4.07. The summed E-state index contributed by atoms with van der Waals surface area (Å²) in [6.45, 7) is 0.713. The number of hydrogen-bond donors (Lipinski definition) is 0. The van der Waals surface area contributed by atoms with E-state index in [-0.39, 0.29) is 0 Å². The number of nitrogens with zero attached hydrogens (tertiary/aromatic N) is 3. The smallest absolute Gasteiger partial charge is 0.158 e. The lowest BCUT2D eigenvalue weighted by Gasteiger charge is -2.04. The Kier molecular flexibility index (Phi) is 2.68. The molecule has 4 nitrogen and oxygen atoms in total. The molecule has 0 radical (unpaired) electrons. The summed E-state index contributed by atoms with van der Waals surface area (Å²) >= 11 is 0. The monoisotopic (exact) mass is 239 g/mol. The van der Waals surface area contributed by atoms with Crippen LogP contribution in [0.1, 0.15) is 5.56 Å². The molecule has 0 N–H and O–H groups in total. The first-order chi connectivity index (χ1) is 8.86. The molecule has 0 unspecified atom stereocenters. The number of fused-ring (bicyclic) bond motifs is 1. The van der Waals surface area contributed by atoms with Crippen LogP contribution in [0.4, 0.5) is 0 Å². The predicted molar refractivity (Wildman–Crippen MR) is 69.6 cm³/mol. The minimum atomic E-state index is 0.713. The molecule has 0 saturated carbocycles. The Morgan fingerprint density at radius 2 is 2.00 bits per heavy atom. The van der Waals surface area contributed by atoms with Crippen LogP contribution in [0.3, 0.4) is 0 Å². The Balaban J connectivity index is 1.91. The Morgan fingerprint density at radius 3 is 2.78 bits per heavy atom. The van der Waals surface area contributed by atoms with Crippen molar-refractivity contribution in [1.82, 2.24) is 14.8 Å². The molecule has 0 fully saturated rings. The lowest BCUT2D eigenvalue weighted by atomic mass is 10.2. The van der Waals surface area contributed by atoms with Crippen molar-refractivity contribution in [3.63, 3.8) is 0 Å². The molecule has 0 spiro atoms. The lowest BCUT2D eigenvalue weighted by Crippen LogP contribution is -2.02. The SMILES string of the molecule is COc1ccc(Cn2ncc3cccnc32)cc1. The van der Waals surface area contributed by atoms with Crippen molar-refractivity contribution in [3.05, 3.63) is 54.4 Å². The molecule has 3 aromatic rings. The number of hydrogen-bond acceptors (Lipinski definition) is 3. The van der Waals surface area contributed by atoms with E-state index in [1.54, 1.807) is 13.3 Å². The summed E-state index contributed by atoms with van der Waals surface area (Å²) in [6.07, 6.45) is 3.63. The van der Waals surface area contributed by atoms with Gasteiger partial charge in [0.2, 0.25) is 0 Å². The number of pyridine rings is 1. The van der Waals surface area contributed by atoms with Crippen LogP contribution in [0.15, 0.2) is 48.8 Å². The number of methoxy groups -OCH3 is 1. The van der Waals surface area contributed by atoms with Crippen molar-refractivity contribution in [2.45, 2.75) is 6.54 Å². The molecule has 0 aliphatic carbocycles. The van der Waals surface area contributed by atoms with Gasteiger partial charge in [-0.3, -0.25) is 0 Å². The summed E-state index contributed by atoms with van der Waals surface area (Å²) in [5.74, 6) is 0.863. The van der Waals surface area contributed by atoms with Crippen molar-refractivity contribution in [3.8, 4) is 5.75 Å². The van der Waals surface area contributed by atoms with E-state index >= 15 is 0 Å². The van der Waals surface area contributed by atoms with Crippen LogP contribution in [0.25, 0.3) is 11.0 Å². The van der Waals surface area contributed by atoms with Gasteiger partial charge in [-0.05, 0) is 29.8 Å². The zero-order valence-electron chi connectivity index (χ0n) is 10.1. The van der Waals surface area contributed by atoms with Gasteiger partial charge in [0.1, 0.15) is 5.75 Å². The van der Waals surface area contributed by atoms with Gasteiger partial charge in [0.15, 0.2) is 5.65 Å².